The second-order valence-electron chi connectivity index (χ2n) is 8.64. The second-order valence-corrected chi connectivity index (χ2v) is 8.64. The number of halogens is 1. The molecule has 0 spiro atoms. The van der Waals surface area contributed by atoms with E-state index in [2.05, 4.69) is 15.1 Å². The summed E-state index contributed by atoms with van der Waals surface area (Å²) < 4.78 is 10.7. The summed E-state index contributed by atoms with van der Waals surface area (Å²) in [4.78, 5) is 23.7. The molecule has 0 saturated carbocycles. The maximum Gasteiger partial charge on any atom is 0.410 e. The van der Waals surface area contributed by atoms with Crippen molar-refractivity contribution in [2.45, 2.75) is 51.3 Å². The van der Waals surface area contributed by atoms with Crippen molar-refractivity contribution < 1.29 is 14.3 Å². The fourth-order valence-electron chi connectivity index (χ4n) is 4.06. The third kappa shape index (κ3) is 6.09. The van der Waals surface area contributed by atoms with E-state index in [0.717, 1.165) is 45.3 Å². The van der Waals surface area contributed by atoms with Gasteiger partial charge in [-0.2, -0.15) is 0 Å². The molecule has 1 N–H and O–H groups in total. The Kier molecular flexibility index (Phi) is 8.62. The Labute approximate surface area is 186 Å². The maximum atomic E-state index is 12.3. The molecule has 0 bridgehead atoms. The lowest BCUT2D eigenvalue weighted by Gasteiger charge is -2.39. The number of hydrogen-bond acceptors (Lipinski definition) is 7. The lowest BCUT2D eigenvalue weighted by atomic mass is 10.2. The van der Waals surface area contributed by atoms with Crippen LogP contribution in [0.3, 0.4) is 0 Å². The molecule has 0 aromatic rings. The highest BCUT2D eigenvalue weighted by molar-refractivity contribution is 14.0. The molecular formula is C19H36IN5O3. The summed E-state index contributed by atoms with van der Waals surface area (Å²) in [6.45, 7) is 12.4. The zero-order valence-corrected chi connectivity index (χ0v) is 20.0. The van der Waals surface area contributed by atoms with Crippen molar-refractivity contribution in [1.29, 1.82) is 0 Å². The summed E-state index contributed by atoms with van der Waals surface area (Å²) >= 11 is 0. The molecule has 8 nitrogen and oxygen atoms in total. The molecule has 2 fully saturated rings. The SMILES string of the molecule is COCCN1CCCC1CNC1=NCC2CN(C(=O)OC(C)(C)C)CCN12.I. The van der Waals surface area contributed by atoms with Crippen LogP contribution in [0.4, 0.5) is 4.79 Å². The van der Waals surface area contributed by atoms with Gasteiger partial charge in [-0.15, -0.1) is 24.0 Å². The van der Waals surface area contributed by atoms with E-state index in [0.29, 0.717) is 19.1 Å². The van der Waals surface area contributed by atoms with Crippen LogP contribution in [-0.2, 0) is 9.47 Å². The number of fused-ring (bicyclic) bond motifs is 1. The van der Waals surface area contributed by atoms with Crippen LogP contribution in [0.5, 0.6) is 0 Å². The van der Waals surface area contributed by atoms with E-state index in [1.54, 1.807) is 7.11 Å². The first-order chi connectivity index (χ1) is 12.9. The number of ether oxygens (including phenoxy) is 2. The standard InChI is InChI=1S/C19H35N5O3.HI/c1-19(2,3)27-18(25)23-8-9-24-16(14-23)13-21-17(24)20-12-15-6-5-7-22(15)10-11-26-4;/h15-16H,5-14H2,1-4H3,(H,20,21);1H. The van der Waals surface area contributed by atoms with Crippen LogP contribution in [0.1, 0.15) is 33.6 Å². The minimum atomic E-state index is -0.455. The number of aliphatic imine (C=N–C) groups is 1. The smallest absolute Gasteiger partial charge is 0.410 e. The van der Waals surface area contributed by atoms with Crippen LogP contribution in [0.15, 0.2) is 4.99 Å². The van der Waals surface area contributed by atoms with Gasteiger partial charge >= 0.3 is 6.09 Å². The summed E-state index contributed by atoms with van der Waals surface area (Å²) in [5, 5.41) is 3.57. The number of nitrogens with one attached hydrogen (secondary N) is 1. The predicted octanol–water partition coefficient (Wildman–Crippen LogP) is 1.60. The zero-order valence-electron chi connectivity index (χ0n) is 17.6. The third-order valence-electron chi connectivity index (χ3n) is 5.44. The molecule has 2 atom stereocenters. The molecule has 2 unspecified atom stereocenters. The highest BCUT2D eigenvalue weighted by atomic mass is 127. The number of hydrogen-bond donors (Lipinski definition) is 1. The lowest BCUT2D eigenvalue weighted by Crippen LogP contribution is -2.58. The molecule has 1 amide bonds. The zero-order chi connectivity index (χ0) is 19.4. The molecule has 3 heterocycles. The van der Waals surface area contributed by atoms with Gasteiger partial charge in [-0.3, -0.25) is 9.89 Å². The average molecular weight is 509 g/mol. The summed E-state index contributed by atoms with van der Waals surface area (Å²) in [6, 6.07) is 0.798. The number of amides is 1. The molecule has 3 aliphatic rings. The van der Waals surface area contributed by atoms with Crippen molar-refractivity contribution in [1.82, 2.24) is 20.0 Å². The van der Waals surface area contributed by atoms with E-state index in [4.69, 9.17) is 14.5 Å². The number of rotatable bonds is 5. The quantitative estimate of drug-likeness (QED) is 0.568. The lowest BCUT2D eigenvalue weighted by molar-refractivity contribution is 0.0137. The molecule has 0 aromatic carbocycles. The first kappa shape index (κ1) is 23.5. The fourth-order valence-corrected chi connectivity index (χ4v) is 4.06. The van der Waals surface area contributed by atoms with E-state index in [1.165, 1.54) is 12.8 Å². The minimum absolute atomic E-state index is 0. The van der Waals surface area contributed by atoms with E-state index in [1.807, 2.05) is 25.7 Å². The van der Waals surface area contributed by atoms with Crippen molar-refractivity contribution >= 4 is 36.0 Å². The van der Waals surface area contributed by atoms with Crippen LogP contribution < -0.4 is 5.32 Å². The van der Waals surface area contributed by atoms with Crippen molar-refractivity contribution in [2.24, 2.45) is 4.99 Å². The van der Waals surface area contributed by atoms with Crippen LogP contribution >= 0.6 is 24.0 Å². The summed E-state index contributed by atoms with van der Waals surface area (Å²) in [5.41, 5.74) is -0.455. The maximum absolute atomic E-state index is 12.3. The Morgan fingerprint density at radius 3 is 2.79 bits per heavy atom. The van der Waals surface area contributed by atoms with Gasteiger partial charge in [0.15, 0.2) is 5.96 Å². The van der Waals surface area contributed by atoms with Crippen LogP contribution in [0, 0.1) is 0 Å². The van der Waals surface area contributed by atoms with Crippen molar-refractivity contribution in [2.75, 3.05) is 59.5 Å². The van der Waals surface area contributed by atoms with Gasteiger partial charge in [0.05, 0.1) is 19.2 Å². The van der Waals surface area contributed by atoms with Crippen molar-refractivity contribution in [3.05, 3.63) is 0 Å². The Bertz CT molecular complexity index is 554. The second kappa shape index (κ2) is 10.3. The Hall–Kier alpha value is -0.810. The van der Waals surface area contributed by atoms with Crippen LogP contribution in [0.2, 0.25) is 0 Å². The third-order valence-corrected chi connectivity index (χ3v) is 5.44. The molecule has 162 valence electrons. The van der Waals surface area contributed by atoms with Gasteiger partial charge in [0.2, 0.25) is 0 Å². The highest BCUT2D eigenvalue weighted by Crippen LogP contribution is 2.20. The number of nitrogens with zero attached hydrogens (tertiary/aromatic N) is 4. The highest BCUT2D eigenvalue weighted by Gasteiger charge is 2.36. The molecule has 0 aromatic heterocycles. The van der Waals surface area contributed by atoms with E-state index >= 15 is 0 Å². The minimum Gasteiger partial charge on any atom is -0.444 e. The first-order valence-electron chi connectivity index (χ1n) is 10.1. The molecule has 0 radical (unpaired) electrons. The Balaban J connectivity index is 0.00000280. The van der Waals surface area contributed by atoms with E-state index < -0.39 is 5.60 Å². The first-order valence-corrected chi connectivity index (χ1v) is 10.1. The number of carbonyl (C=O) groups excluding carboxylic acids is 1. The molecular weight excluding hydrogens is 473 g/mol. The van der Waals surface area contributed by atoms with E-state index in [-0.39, 0.29) is 36.1 Å². The van der Waals surface area contributed by atoms with Gasteiger partial charge in [0, 0.05) is 45.9 Å². The van der Waals surface area contributed by atoms with Crippen molar-refractivity contribution in [3.8, 4) is 0 Å². The summed E-state index contributed by atoms with van der Waals surface area (Å²) in [5.74, 6) is 0.988. The molecule has 2 saturated heterocycles. The normalized spacial score (nSPS) is 25.2. The van der Waals surface area contributed by atoms with Gasteiger partial charge < -0.3 is 24.6 Å². The fraction of sp³-hybridized carbons (Fsp3) is 0.895. The van der Waals surface area contributed by atoms with Gasteiger partial charge in [-0.25, -0.2) is 4.79 Å². The average Bonchev–Trinajstić information content (AvgIpc) is 3.22. The molecule has 28 heavy (non-hydrogen) atoms. The predicted molar refractivity (Wildman–Crippen MR) is 120 cm³/mol. The Morgan fingerprint density at radius 2 is 2.07 bits per heavy atom. The summed E-state index contributed by atoms with van der Waals surface area (Å²) in [7, 11) is 1.76. The van der Waals surface area contributed by atoms with Gasteiger partial charge in [0.25, 0.3) is 0 Å². The number of guanidine groups is 1. The van der Waals surface area contributed by atoms with E-state index in [9.17, 15) is 4.79 Å². The van der Waals surface area contributed by atoms with Gasteiger partial charge in [-0.1, -0.05) is 0 Å². The molecule has 3 rings (SSSR count). The topological polar surface area (TPSA) is 69.6 Å². The van der Waals surface area contributed by atoms with Gasteiger partial charge in [0.1, 0.15) is 5.60 Å². The number of methoxy groups -OCH3 is 1. The van der Waals surface area contributed by atoms with Crippen molar-refractivity contribution in [3.63, 3.8) is 0 Å². The molecule has 3 aliphatic heterocycles. The van der Waals surface area contributed by atoms with Gasteiger partial charge in [-0.05, 0) is 40.2 Å². The largest absolute Gasteiger partial charge is 0.444 e. The van der Waals surface area contributed by atoms with Crippen LogP contribution in [0.25, 0.3) is 0 Å². The molecule has 0 aliphatic carbocycles. The van der Waals surface area contributed by atoms with Crippen LogP contribution in [-0.4, -0.2) is 104 Å². The number of likely N-dealkylation sites (tertiary alicyclic amines) is 1. The summed E-state index contributed by atoms with van der Waals surface area (Å²) in [6.07, 6.45) is 2.25. The monoisotopic (exact) mass is 509 g/mol. The number of carbonyl (C=O) groups is 1. The Morgan fingerprint density at radius 1 is 1.29 bits per heavy atom. The number of piperazine rings is 1. The molecule has 9 heteroatoms.